The number of ether oxygens (including phenoxy) is 2. The number of hydrogen-bond donors (Lipinski definition) is 0. The summed E-state index contributed by atoms with van der Waals surface area (Å²) in [5.41, 5.74) is 0. The first kappa shape index (κ1) is 17.2. The van der Waals surface area contributed by atoms with Gasteiger partial charge in [0.25, 0.3) is 5.91 Å². The van der Waals surface area contributed by atoms with E-state index in [-0.39, 0.29) is 12.0 Å². The van der Waals surface area contributed by atoms with E-state index in [1.165, 1.54) is 0 Å². The molecule has 1 aromatic rings. The van der Waals surface area contributed by atoms with Crippen LogP contribution < -0.4 is 4.74 Å². The molecule has 1 aromatic carbocycles. The summed E-state index contributed by atoms with van der Waals surface area (Å²) in [6.07, 6.45) is 1.86. The van der Waals surface area contributed by atoms with E-state index in [9.17, 15) is 4.79 Å². The van der Waals surface area contributed by atoms with Crippen LogP contribution in [0.4, 0.5) is 0 Å². The first-order valence-corrected chi connectivity index (χ1v) is 9.07. The molecule has 5 nitrogen and oxygen atoms in total. The van der Waals surface area contributed by atoms with E-state index in [4.69, 9.17) is 9.47 Å². The minimum Gasteiger partial charge on any atom is -0.493 e. The van der Waals surface area contributed by atoms with Gasteiger partial charge in [0.1, 0.15) is 11.9 Å². The van der Waals surface area contributed by atoms with Crippen molar-refractivity contribution in [2.24, 2.45) is 5.92 Å². The highest BCUT2D eigenvalue weighted by Crippen LogP contribution is 2.20. The number of carbonyl (C=O) groups is 1. The minimum atomic E-state index is -0.299. The molecule has 0 saturated carbocycles. The van der Waals surface area contributed by atoms with Crippen molar-refractivity contribution in [3.63, 3.8) is 0 Å². The second-order valence-electron chi connectivity index (χ2n) is 6.67. The number of rotatable bonds is 5. The monoisotopic (exact) mass is 332 g/mol. The summed E-state index contributed by atoms with van der Waals surface area (Å²) in [4.78, 5) is 17.0. The summed E-state index contributed by atoms with van der Waals surface area (Å²) in [5.74, 6) is 1.45. The molecule has 3 rings (SSSR count). The second kappa shape index (κ2) is 8.49. The van der Waals surface area contributed by atoms with Crippen LogP contribution in [0.5, 0.6) is 5.75 Å². The average Bonchev–Trinajstić information content (AvgIpc) is 2.67. The molecule has 0 aromatic heterocycles. The van der Waals surface area contributed by atoms with Crippen LogP contribution in [0.15, 0.2) is 30.3 Å². The van der Waals surface area contributed by atoms with Gasteiger partial charge in [-0.15, -0.1) is 0 Å². The van der Waals surface area contributed by atoms with E-state index in [0.717, 1.165) is 51.3 Å². The smallest absolute Gasteiger partial charge is 0.253 e. The van der Waals surface area contributed by atoms with Crippen LogP contribution in [-0.4, -0.2) is 67.7 Å². The third-order valence-electron chi connectivity index (χ3n) is 4.93. The zero-order valence-corrected chi connectivity index (χ0v) is 14.5. The topological polar surface area (TPSA) is 42.0 Å². The van der Waals surface area contributed by atoms with Crippen LogP contribution in [0.1, 0.15) is 19.8 Å². The Morgan fingerprint density at radius 2 is 2.08 bits per heavy atom. The molecule has 0 N–H and O–H groups in total. The largest absolute Gasteiger partial charge is 0.493 e. The van der Waals surface area contributed by atoms with E-state index in [1.54, 1.807) is 0 Å². The molecule has 2 aliphatic rings. The van der Waals surface area contributed by atoms with Crippen LogP contribution in [0, 0.1) is 5.92 Å². The molecule has 0 aliphatic carbocycles. The molecule has 0 spiro atoms. The highest BCUT2D eigenvalue weighted by Gasteiger charge is 2.32. The molecule has 0 unspecified atom stereocenters. The van der Waals surface area contributed by atoms with Crippen molar-refractivity contribution in [3.8, 4) is 5.75 Å². The molecule has 132 valence electrons. The van der Waals surface area contributed by atoms with Gasteiger partial charge in [0.15, 0.2) is 0 Å². The van der Waals surface area contributed by atoms with E-state index >= 15 is 0 Å². The SMILES string of the molecule is CCN1CCO[C@@H](C(=O)N2CCC[C@H](COc3ccccc3)C2)C1. The summed E-state index contributed by atoms with van der Waals surface area (Å²) in [5, 5.41) is 0. The maximum Gasteiger partial charge on any atom is 0.253 e. The molecule has 2 saturated heterocycles. The van der Waals surface area contributed by atoms with Gasteiger partial charge in [-0.3, -0.25) is 9.69 Å². The van der Waals surface area contributed by atoms with Crippen LogP contribution in [0.3, 0.4) is 0 Å². The fourth-order valence-corrected chi connectivity index (χ4v) is 3.47. The lowest BCUT2D eigenvalue weighted by atomic mass is 9.98. The number of likely N-dealkylation sites (tertiary alicyclic amines) is 1. The fourth-order valence-electron chi connectivity index (χ4n) is 3.47. The van der Waals surface area contributed by atoms with Crippen molar-refractivity contribution in [1.82, 2.24) is 9.80 Å². The highest BCUT2D eigenvalue weighted by atomic mass is 16.5. The molecular weight excluding hydrogens is 304 g/mol. The molecule has 5 heteroatoms. The lowest BCUT2D eigenvalue weighted by Gasteiger charge is -2.37. The van der Waals surface area contributed by atoms with Gasteiger partial charge < -0.3 is 14.4 Å². The molecule has 2 aliphatic heterocycles. The average molecular weight is 332 g/mol. The molecule has 2 heterocycles. The van der Waals surface area contributed by atoms with Crippen LogP contribution in [0.25, 0.3) is 0 Å². The Morgan fingerprint density at radius 1 is 1.25 bits per heavy atom. The van der Waals surface area contributed by atoms with Crippen LogP contribution >= 0.6 is 0 Å². The summed E-state index contributed by atoms with van der Waals surface area (Å²) >= 11 is 0. The lowest BCUT2D eigenvalue weighted by Crippen LogP contribution is -2.53. The molecule has 0 bridgehead atoms. The number of amides is 1. The number of para-hydroxylation sites is 1. The quantitative estimate of drug-likeness (QED) is 0.827. The molecule has 1 amide bonds. The number of piperidine rings is 1. The number of carbonyl (C=O) groups excluding carboxylic acids is 1. The molecule has 2 atom stereocenters. The first-order chi connectivity index (χ1) is 11.8. The van der Waals surface area contributed by atoms with Gasteiger partial charge in [-0.2, -0.15) is 0 Å². The Kier molecular flexibility index (Phi) is 6.10. The van der Waals surface area contributed by atoms with Crippen molar-refractivity contribution in [2.45, 2.75) is 25.9 Å². The Balaban J connectivity index is 1.50. The number of nitrogens with zero attached hydrogens (tertiary/aromatic N) is 2. The summed E-state index contributed by atoms with van der Waals surface area (Å²) in [6.45, 7) is 7.68. The Bertz CT molecular complexity index is 523. The van der Waals surface area contributed by atoms with Gasteiger partial charge in [-0.05, 0) is 31.5 Å². The molecule has 0 radical (unpaired) electrons. The van der Waals surface area contributed by atoms with E-state index in [2.05, 4.69) is 11.8 Å². The maximum atomic E-state index is 12.8. The van der Waals surface area contributed by atoms with Gasteiger partial charge in [-0.25, -0.2) is 0 Å². The molecule has 24 heavy (non-hydrogen) atoms. The predicted octanol–water partition coefficient (Wildman–Crippen LogP) is 2.02. The third-order valence-corrected chi connectivity index (χ3v) is 4.93. The first-order valence-electron chi connectivity index (χ1n) is 9.07. The third kappa shape index (κ3) is 4.48. The fraction of sp³-hybridized carbons (Fsp3) is 0.632. The lowest BCUT2D eigenvalue weighted by molar-refractivity contribution is -0.151. The van der Waals surface area contributed by atoms with Crippen molar-refractivity contribution >= 4 is 5.91 Å². The van der Waals surface area contributed by atoms with E-state index in [1.807, 2.05) is 35.2 Å². The van der Waals surface area contributed by atoms with Crippen molar-refractivity contribution in [3.05, 3.63) is 30.3 Å². The van der Waals surface area contributed by atoms with Gasteiger partial charge in [0, 0.05) is 32.1 Å². The second-order valence-corrected chi connectivity index (χ2v) is 6.67. The van der Waals surface area contributed by atoms with Gasteiger partial charge >= 0.3 is 0 Å². The Hall–Kier alpha value is -1.59. The van der Waals surface area contributed by atoms with Gasteiger partial charge in [-0.1, -0.05) is 25.1 Å². The van der Waals surface area contributed by atoms with Gasteiger partial charge in [0.05, 0.1) is 13.2 Å². The van der Waals surface area contributed by atoms with E-state index in [0.29, 0.717) is 19.1 Å². The maximum absolute atomic E-state index is 12.8. The predicted molar refractivity (Wildman–Crippen MR) is 93.1 cm³/mol. The Labute approximate surface area is 144 Å². The molecule has 2 fully saturated rings. The van der Waals surface area contributed by atoms with Gasteiger partial charge in [0.2, 0.25) is 0 Å². The number of benzene rings is 1. The standard InChI is InChI=1S/C19H28N2O3/c1-2-20-11-12-23-18(14-20)19(22)21-10-6-7-16(13-21)15-24-17-8-4-3-5-9-17/h3-5,8-9,16,18H,2,6-7,10-15H2,1H3/t16-,18+/m0/s1. The summed E-state index contributed by atoms with van der Waals surface area (Å²) in [6, 6.07) is 9.89. The summed E-state index contributed by atoms with van der Waals surface area (Å²) in [7, 11) is 0. The van der Waals surface area contributed by atoms with Crippen molar-refractivity contribution in [1.29, 1.82) is 0 Å². The minimum absolute atomic E-state index is 0.151. The number of likely N-dealkylation sites (N-methyl/N-ethyl adjacent to an activating group) is 1. The number of hydrogen-bond acceptors (Lipinski definition) is 4. The van der Waals surface area contributed by atoms with E-state index < -0.39 is 0 Å². The van der Waals surface area contributed by atoms with Crippen molar-refractivity contribution in [2.75, 3.05) is 45.9 Å². The van der Waals surface area contributed by atoms with Crippen LogP contribution in [0.2, 0.25) is 0 Å². The Morgan fingerprint density at radius 3 is 2.88 bits per heavy atom. The number of morpholine rings is 1. The van der Waals surface area contributed by atoms with Crippen LogP contribution in [-0.2, 0) is 9.53 Å². The zero-order chi connectivity index (χ0) is 16.8. The zero-order valence-electron chi connectivity index (χ0n) is 14.5. The molecular formula is C19H28N2O3. The van der Waals surface area contributed by atoms with Crippen molar-refractivity contribution < 1.29 is 14.3 Å². The normalized spacial score (nSPS) is 25.5. The summed E-state index contributed by atoms with van der Waals surface area (Å²) < 4.78 is 11.6. The highest BCUT2D eigenvalue weighted by molar-refractivity contribution is 5.81.